The van der Waals surface area contributed by atoms with Crippen LogP contribution in [-0.2, 0) is 13.0 Å². The largest absolute Gasteiger partial charge is 0.354 e. The molecule has 1 aliphatic carbocycles. The van der Waals surface area contributed by atoms with Crippen LogP contribution in [0.5, 0.6) is 0 Å². The van der Waals surface area contributed by atoms with Crippen LogP contribution in [0, 0.1) is 11.7 Å². The molecule has 2 aromatic rings. The number of benzene rings is 1. The first kappa shape index (κ1) is 18.9. The molecule has 2 amide bonds. The maximum atomic E-state index is 13.7. The number of anilines is 1. The second-order valence-electron chi connectivity index (χ2n) is 7.51. The number of urea groups is 1. The highest BCUT2D eigenvalue weighted by molar-refractivity contribution is 6.30. The summed E-state index contributed by atoms with van der Waals surface area (Å²) in [5, 5.41) is 6.27. The molecule has 28 heavy (non-hydrogen) atoms. The van der Waals surface area contributed by atoms with E-state index in [1.165, 1.54) is 25.0 Å². The lowest BCUT2D eigenvalue weighted by Crippen LogP contribution is -2.44. The molecule has 6 nitrogen and oxygen atoms in total. The van der Waals surface area contributed by atoms with Gasteiger partial charge in [-0.15, -0.1) is 0 Å². The molecule has 0 unspecified atom stereocenters. The first-order chi connectivity index (χ1) is 13.5. The predicted octanol–water partition coefficient (Wildman–Crippen LogP) is 3.92. The summed E-state index contributed by atoms with van der Waals surface area (Å²) in [6.07, 6.45) is 5.10. The molecule has 1 atom stereocenters. The number of hydrogen-bond acceptors (Lipinski definition) is 4. The molecular weight excluding hydrogens is 381 g/mol. The van der Waals surface area contributed by atoms with Crippen LogP contribution >= 0.6 is 11.6 Å². The molecule has 1 aromatic heterocycles. The zero-order valence-corrected chi connectivity index (χ0v) is 16.5. The Labute approximate surface area is 168 Å². The van der Waals surface area contributed by atoms with E-state index in [0.717, 1.165) is 30.1 Å². The van der Waals surface area contributed by atoms with Crippen LogP contribution in [0.15, 0.2) is 24.4 Å². The summed E-state index contributed by atoms with van der Waals surface area (Å²) in [6, 6.07) is 4.04. The molecule has 2 aliphatic rings. The standard InChI is InChI=1S/C20H23ClFN5O/c1-12(14-4-5-16(21)17(22)8-14)25-20(28)27-7-6-15-10-24-19(26-18(15)11-27)23-9-13-2-3-13/h4-5,8,10,12-13H,2-3,6-7,9,11H2,1H3,(H,25,28)(H,23,24,26)/t12-/m1/s1. The minimum atomic E-state index is -0.491. The van der Waals surface area contributed by atoms with E-state index in [4.69, 9.17) is 11.6 Å². The fraction of sp³-hybridized carbons (Fsp3) is 0.450. The van der Waals surface area contributed by atoms with Crippen LogP contribution in [-0.4, -0.2) is 34.0 Å². The number of hydrogen-bond donors (Lipinski definition) is 2. The maximum absolute atomic E-state index is 13.7. The van der Waals surface area contributed by atoms with Crippen LogP contribution in [0.25, 0.3) is 0 Å². The summed E-state index contributed by atoms with van der Waals surface area (Å²) in [6.45, 7) is 3.75. The molecule has 0 bridgehead atoms. The highest BCUT2D eigenvalue weighted by atomic mass is 35.5. The van der Waals surface area contributed by atoms with Gasteiger partial charge in [-0.2, -0.15) is 0 Å². The van der Waals surface area contributed by atoms with Crippen LogP contribution < -0.4 is 10.6 Å². The summed E-state index contributed by atoms with van der Waals surface area (Å²) in [5.41, 5.74) is 2.62. The van der Waals surface area contributed by atoms with Gasteiger partial charge in [0.25, 0.3) is 0 Å². The zero-order valence-electron chi connectivity index (χ0n) is 15.7. The molecular formula is C20H23ClFN5O. The topological polar surface area (TPSA) is 70.2 Å². The van der Waals surface area contributed by atoms with E-state index in [9.17, 15) is 9.18 Å². The Bertz CT molecular complexity index is 889. The minimum Gasteiger partial charge on any atom is -0.354 e. The van der Waals surface area contributed by atoms with Gasteiger partial charge in [0.15, 0.2) is 0 Å². The molecule has 1 fully saturated rings. The second kappa shape index (κ2) is 7.91. The van der Waals surface area contributed by atoms with Crippen LogP contribution in [0.1, 0.15) is 42.6 Å². The van der Waals surface area contributed by atoms with E-state index in [1.54, 1.807) is 11.0 Å². The Balaban J connectivity index is 1.38. The summed E-state index contributed by atoms with van der Waals surface area (Å²) in [5.74, 6) is 0.870. The fourth-order valence-electron chi connectivity index (χ4n) is 3.26. The van der Waals surface area contributed by atoms with E-state index in [2.05, 4.69) is 20.6 Å². The SMILES string of the molecule is C[C@@H](NC(=O)N1CCc2cnc(NCC3CC3)nc2C1)c1ccc(Cl)c(F)c1. The summed E-state index contributed by atoms with van der Waals surface area (Å²) in [4.78, 5) is 23.4. The molecule has 0 radical (unpaired) electrons. The summed E-state index contributed by atoms with van der Waals surface area (Å²) >= 11 is 5.73. The van der Waals surface area contributed by atoms with Crippen molar-refractivity contribution < 1.29 is 9.18 Å². The third-order valence-electron chi connectivity index (χ3n) is 5.26. The highest BCUT2D eigenvalue weighted by Gasteiger charge is 2.25. The van der Waals surface area contributed by atoms with Gasteiger partial charge in [0.2, 0.25) is 5.95 Å². The van der Waals surface area contributed by atoms with Gasteiger partial charge in [0.1, 0.15) is 5.82 Å². The zero-order chi connectivity index (χ0) is 19.7. The van der Waals surface area contributed by atoms with E-state index in [-0.39, 0.29) is 17.1 Å². The first-order valence-electron chi connectivity index (χ1n) is 9.58. The summed E-state index contributed by atoms with van der Waals surface area (Å²) < 4.78 is 13.7. The number of carbonyl (C=O) groups excluding carboxylic acids is 1. The fourth-order valence-corrected chi connectivity index (χ4v) is 3.38. The Morgan fingerprint density at radius 3 is 3.00 bits per heavy atom. The molecule has 1 saturated carbocycles. The number of nitrogens with zero attached hydrogens (tertiary/aromatic N) is 3. The lowest BCUT2D eigenvalue weighted by atomic mass is 10.1. The number of nitrogens with one attached hydrogen (secondary N) is 2. The van der Waals surface area contributed by atoms with Crippen molar-refractivity contribution >= 4 is 23.6 Å². The molecule has 148 valence electrons. The van der Waals surface area contributed by atoms with Crippen molar-refractivity contribution in [3.63, 3.8) is 0 Å². The third-order valence-corrected chi connectivity index (χ3v) is 5.57. The average Bonchev–Trinajstić information content (AvgIpc) is 3.52. The van der Waals surface area contributed by atoms with Gasteiger partial charge in [0.05, 0.1) is 23.3 Å². The summed E-state index contributed by atoms with van der Waals surface area (Å²) in [7, 11) is 0. The maximum Gasteiger partial charge on any atom is 0.318 e. The van der Waals surface area contributed by atoms with Crippen LogP contribution in [0.3, 0.4) is 0 Å². The lowest BCUT2D eigenvalue weighted by molar-refractivity contribution is 0.188. The molecule has 4 rings (SSSR count). The van der Waals surface area contributed by atoms with Gasteiger partial charge in [-0.1, -0.05) is 17.7 Å². The molecule has 0 saturated heterocycles. The third kappa shape index (κ3) is 4.35. The van der Waals surface area contributed by atoms with Crippen molar-refractivity contribution in [2.24, 2.45) is 5.92 Å². The Kier molecular flexibility index (Phi) is 5.35. The van der Waals surface area contributed by atoms with Crippen LogP contribution in [0.4, 0.5) is 15.1 Å². The van der Waals surface area contributed by atoms with Crippen molar-refractivity contribution in [2.75, 3.05) is 18.4 Å². The van der Waals surface area contributed by atoms with E-state index < -0.39 is 5.82 Å². The smallest absolute Gasteiger partial charge is 0.318 e. The van der Waals surface area contributed by atoms with E-state index in [1.807, 2.05) is 13.1 Å². The van der Waals surface area contributed by atoms with Crippen molar-refractivity contribution in [1.82, 2.24) is 20.2 Å². The Morgan fingerprint density at radius 1 is 1.43 bits per heavy atom. The number of aromatic nitrogens is 2. The van der Waals surface area contributed by atoms with Crippen molar-refractivity contribution in [1.29, 1.82) is 0 Å². The Morgan fingerprint density at radius 2 is 2.25 bits per heavy atom. The monoisotopic (exact) mass is 403 g/mol. The van der Waals surface area contributed by atoms with Crippen molar-refractivity contribution in [3.8, 4) is 0 Å². The minimum absolute atomic E-state index is 0.0701. The highest BCUT2D eigenvalue weighted by Crippen LogP contribution is 2.28. The number of carbonyl (C=O) groups is 1. The van der Waals surface area contributed by atoms with E-state index in [0.29, 0.717) is 24.6 Å². The van der Waals surface area contributed by atoms with Gasteiger partial charge in [-0.05, 0) is 55.4 Å². The molecule has 2 N–H and O–H groups in total. The van der Waals surface area contributed by atoms with Crippen molar-refractivity contribution in [2.45, 2.75) is 38.8 Å². The van der Waals surface area contributed by atoms with Gasteiger partial charge >= 0.3 is 6.03 Å². The predicted molar refractivity (Wildman–Crippen MR) is 106 cm³/mol. The van der Waals surface area contributed by atoms with Crippen molar-refractivity contribution in [3.05, 3.63) is 52.1 Å². The lowest BCUT2D eigenvalue weighted by Gasteiger charge is -2.29. The van der Waals surface area contributed by atoms with Gasteiger partial charge in [-0.3, -0.25) is 0 Å². The quantitative estimate of drug-likeness (QED) is 0.793. The molecule has 8 heteroatoms. The van der Waals surface area contributed by atoms with Gasteiger partial charge in [-0.25, -0.2) is 19.2 Å². The molecule has 1 aromatic carbocycles. The molecule has 2 heterocycles. The second-order valence-corrected chi connectivity index (χ2v) is 7.91. The van der Waals surface area contributed by atoms with Crippen LogP contribution in [0.2, 0.25) is 5.02 Å². The first-order valence-corrected chi connectivity index (χ1v) is 9.96. The average molecular weight is 404 g/mol. The number of amides is 2. The normalized spacial score (nSPS) is 17.0. The number of fused-ring (bicyclic) bond motifs is 1. The number of halogens is 2. The molecule has 1 aliphatic heterocycles. The van der Waals surface area contributed by atoms with E-state index >= 15 is 0 Å². The number of rotatable bonds is 5. The van der Waals surface area contributed by atoms with Gasteiger partial charge in [0, 0.05) is 19.3 Å². The molecule has 0 spiro atoms. The van der Waals surface area contributed by atoms with Gasteiger partial charge < -0.3 is 15.5 Å². The Hall–Kier alpha value is -2.41.